The van der Waals surface area contributed by atoms with Crippen molar-refractivity contribution in [3.63, 3.8) is 0 Å². The number of nitrogens with two attached hydrogens (primary N) is 1. The molecule has 0 bridgehead atoms. The number of hydrogen-bond donors (Lipinski definition) is 1. The van der Waals surface area contributed by atoms with Crippen molar-refractivity contribution >= 4 is 0 Å². The van der Waals surface area contributed by atoms with Gasteiger partial charge in [0.05, 0.1) is 5.69 Å². The summed E-state index contributed by atoms with van der Waals surface area (Å²) in [7, 11) is 0. The molecular formula is C15H16N2. The van der Waals surface area contributed by atoms with E-state index in [0.717, 1.165) is 18.5 Å². The van der Waals surface area contributed by atoms with Crippen molar-refractivity contribution < 1.29 is 0 Å². The van der Waals surface area contributed by atoms with E-state index in [1.54, 1.807) is 0 Å². The summed E-state index contributed by atoms with van der Waals surface area (Å²) in [6.45, 7) is 0. The largest absolute Gasteiger partial charge is 0.324 e. The van der Waals surface area contributed by atoms with Gasteiger partial charge in [0, 0.05) is 17.8 Å². The van der Waals surface area contributed by atoms with Gasteiger partial charge in [0.25, 0.3) is 0 Å². The lowest BCUT2D eigenvalue weighted by atomic mass is 9.86. The average molecular weight is 224 g/mol. The molecule has 2 nitrogen and oxygen atoms in total. The molecule has 1 aromatic carbocycles. The first-order chi connectivity index (χ1) is 8.34. The Kier molecular flexibility index (Phi) is 2.65. The molecule has 2 heteroatoms. The molecule has 1 atom stereocenters. The van der Waals surface area contributed by atoms with Crippen LogP contribution in [0.25, 0.3) is 11.3 Å². The second kappa shape index (κ2) is 4.30. The van der Waals surface area contributed by atoms with E-state index >= 15 is 0 Å². The summed E-state index contributed by atoms with van der Waals surface area (Å²) < 4.78 is 0. The van der Waals surface area contributed by atoms with Crippen LogP contribution in [0.5, 0.6) is 0 Å². The van der Waals surface area contributed by atoms with Gasteiger partial charge in [-0.2, -0.15) is 0 Å². The molecule has 1 aromatic heterocycles. The van der Waals surface area contributed by atoms with E-state index in [1.807, 2.05) is 24.4 Å². The molecule has 0 aliphatic heterocycles. The van der Waals surface area contributed by atoms with Crippen LogP contribution in [0.15, 0.2) is 42.6 Å². The summed E-state index contributed by atoms with van der Waals surface area (Å²) in [5.41, 5.74) is 11.1. The van der Waals surface area contributed by atoms with Gasteiger partial charge in [-0.05, 0) is 48.6 Å². The normalized spacial score (nSPS) is 18.8. The quantitative estimate of drug-likeness (QED) is 0.808. The third-order valence-corrected chi connectivity index (χ3v) is 3.47. The van der Waals surface area contributed by atoms with E-state index in [1.165, 1.54) is 23.1 Å². The smallest absolute Gasteiger partial charge is 0.0702 e. The third-order valence-electron chi connectivity index (χ3n) is 3.47. The second-order valence-corrected chi connectivity index (χ2v) is 4.63. The average Bonchev–Trinajstić information content (AvgIpc) is 2.40. The van der Waals surface area contributed by atoms with Crippen LogP contribution in [0.3, 0.4) is 0 Å². The topological polar surface area (TPSA) is 38.9 Å². The van der Waals surface area contributed by atoms with Crippen LogP contribution in [-0.4, -0.2) is 4.98 Å². The van der Waals surface area contributed by atoms with E-state index in [9.17, 15) is 0 Å². The van der Waals surface area contributed by atoms with Crippen molar-refractivity contribution in [2.75, 3.05) is 0 Å². The summed E-state index contributed by atoms with van der Waals surface area (Å²) >= 11 is 0. The van der Waals surface area contributed by atoms with Gasteiger partial charge in [-0.1, -0.05) is 18.2 Å². The number of fused-ring (bicyclic) bond motifs is 1. The number of rotatable bonds is 1. The number of aromatic nitrogens is 1. The Balaban J connectivity index is 2.06. The number of benzene rings is 1. The molecule has 17 heavy (non-hydrogen) atoms. The molecule has 0 radical (unpaired) electrons. The lowest BCUT2D eigenvalue weighted by molar-refractivity contribution is 0.570. The third kappa shape index (κ3) is 1.96. The number of pyridine rings is 1. The predicted octanol–water partition coefficient (Wildman–Crippen LogP) is 3.08. The minimum absolute atomic E-state index is 0.197. The molecule has 0 fully saturated rings. The molecule has 1 unspecified atom stereocenters. The molecule has 1 aliphatic rings. The van der Waals surface area contributed by atoms with E-state index in [-0.39, 0.29) is 6.04 Å². The van der Waals surface area contributed by atoms with Crippen molar-refractivity contribution in [3.05, 3.63) is 53.7 Å². The molecule has 1 aliphatic carbocycles. The van der Waals surface area contributed by atoms with E-state index < -0.39 is 0 Å². The molecule has 3 rings (SSSR count). The van der Waals surface area contributed by atoms with Crippen LogP contribution in [0, 0.1) is 0 Å². The Hall–Kier alpha value is -1.67. The zero-order valence-electron chi connectivity index (χ0n) is 9.76. The first kappa shape index (κ1) is 10.5. The number of hydrogen-bond acceptors (Lipinski definition) is 2. The van der Waals surface area contributed by atoms with Crippen molar-refractivity contribution in [3.8, 4) is 11.3 Å². The van der Waals surface area contributed by atoms with E-state index in [2.05, 4.69) is 23.2 Å². The van der Waals surface area contributed by atoms with Crippen LogP contribution in [-0.2, 0) is 6.42 Å². The number of nitrogens with zero attached hydrogens (tertiary/aromatic N) is 1. The highest BCUT2D eigenvalue weighted by atomic mass is 14.7. The minimum atomic E-state index is 0.197. The van der Waals surface area contributed by atoms with Gasteiger partial charge in [-0.3, -0.25) is 4.98 Å². The lowest BCUT2D eigenvalue weighted by Gasteiger charge is -2.22. The Morgan fingerprint density at radius 1 is 1.18 bits per heavy atom. The van der Waals surface area contributed by atoms with Crippen LogP contribution in [0.4, 0.5) is 0 Å². The van der Waals surface area contributed by atoms with Crippen molar-refractivity contribution in [1.29, 1.82) is 0 Å². The highest BCUT2D eigenvalue weighted by Crippen LogP contribution is 2.31. The van der Waals surface area contributed by atoms with Crippen molar-refractivity contribution in [2.24, 2.45) is 5.73 Å². The van der Waals surface area contributed by atoms with Crippen LogP contribution < -0.4 is 5.73 Å². The maximum Gasteiger partial charge on any atom is 0.0702 e. The first-order valence-electron chi connectivity index (χ1n) is 6.14. The molecule has 0 saturated carbocycles. The van der Waals surface area contributed by atoms with Gasteiger partial charge in [-0.25, -0.2) is 0 Å². The van der Waals surface area contributed by atoms with Crippen molar-refractivity contribution in [1.82, 2.24) is 4.98 Å². The summed E-state index contributed by atoms with van der Waals surface area (Å²) in [4.78, 5) is 4.38. The molecule has 1 heterocycles. The van der Waals surface area contributed by atoms with Gasteiger partial charge in [0.1, 0.15) is 0 Å². The summed E-state index contributed by atoms with van der Waals surface area (Å²) in [5, 5.41) is 0. The van der Waals surface area contributed by atoms with Gasteiger partial charge in [0.15, 0.2) is 0 Å². The van der Waals surface area contributed by atoms with Crippen LogP contribution in [0.1, 0.15) is 30.0 Å². The highest BCUT2D eigenvalue weighted by Gasteiger charge is 2.17. The summed E-state index contributed by atoms with van der Waals surface area (Å²) in [6.07, 6.45) is 5.29. The predicted molar refractivity (Wildman–Crippen MR) is 69.5 cm³/mol. The SMILES string of the molecule is NC1CCCc2ccc(-c3ccccn3)cc21. The standard InChI is InChI=1S/C15H16N2/c16-14-5-3-4-11-7-8-12(10-13(11)14)15-6-1-2-9-17-15/h1-2,6-10,14H,3-5,16H2. The molecule has 0 amide bonds. The monoisotopic (exact) mass is 224 g/mol. The number of aryl methyl sites for hydroxylation is 1. The maximum absolute atomic E-state index is 6.17. The Morgan fingerprint density at radius 3 is 2.94 bits per heavy atom. The Bertz CT molecular complexity index is 520. The molecule has 0 saturated heterocycles. The second-order valence-electron chi connectivity index (χ2n) is 4.63. The maximum atomic E-state index is 6.17. The van der Waals surface area contributed by atoms with Gasteiger partial charge in [0.2, 0.25) is 0 Å². The zero-order valence-corrected chi connectivity index (χ0v) is 9.76. The molecule has 0 spiro atoms. The van der Waals surface area contributed by atoms with Crippen molar-refractivity contribution in [2.45, 2.75) is 25.3 Å². The highest BCUT2D eigenvalue weighted by molar-refractivity contribution is 5.61. The van der Waals surface area contributed by atoms with Gasteiger partial charge in [-0.15, -0.1) is 0 Å². The van der Waals surface area contributed by atoms with Gasteiger partial charge >= 0.3 is 0 Å². The van der Waals surface area contributed by atoms with Gasteiger partial charge < -0.3 is 5.73 Å². The lowest BCUT2D eigenvalue weighted by Crippen LogP contribution is -2.17. The molecular weight excluding hydrogens is 208 g/mol. The molecule has 2 N–H and O–H groups in total. The summed E-state index contributed by atoms with van der Waals surface area (Å²) in [6, 6.07) is 12.8. The Morgan fingerprint density at radius 2 is 2.12 bits per heavy atom. The van der Waals surface area contributed by atoms with Crippen LogP contribution in [0.2, 0.25) is 0 Å². The molecule has 2 aromatic rings. The fourth-order valence-electron chi connectivity index (χ4n) is 2.53. The minimum Gasteiger partial charge on any atom is -0.324 e. The van der Waals surface area contributed by atoms with Crippen LogP contribution >= 0.6 is 0 Å². The Labute approximate surface area is 102 Å². The van der Waals surface area contributed by atoms with E-state index in [0.29, 0.717) is 0 Å². The summed E-state index contributed by atoms with van der Waals surface area (Å²) in [5.74, 6) is 0. The van der Waals surface area contributed by atoms with E-state index in [4.69, 9.17) is 5.73 Å². The fraction of sp³-hybridized carbons (Fsp3) is 0.267. The fourth-order valence-corrected chi connectivity index (χ4v) is 2.53. The first-order valence-corrected chi connectivity index (χ1v) is 6.14. The zero-order chi connectivity index (χ0) is 11.7. The molecule has 86 valence electrons.